The number of carbonyl (C=O) groups is 1. The third-order valence-electron chi connectivity index (χ3n) is 5.15. The van der Waals surface area contributed by atoms with Crippen LogP contribution in [-0.4, -0.2) is 41.0 Å². The lowest BCUT2D eigenvalue weighted by Crippen LogP contribution is -2.36. The van der Waals surface area contributed by atoms with Gasteiger partial charge in [-0.1, -0.05) is 36.4 Å². The molecule has 1 aliphatic heterocycles. The van der Waals surface area contributed by atoms with E-state index in [9.17, 15) is 4.79 Å². The molecule has 1 N–H and O–H groups in total. The van der Waals surface area contributed by atoms with Crippen molar-refractivity contribution in [2.75, 3.05) is 25.5 Å². The summed E-state index contributed by atoms with van der Waals surface area (Å²) in [5, 5.41) is 3.21. The number of nitrogens with one attached hydrogen (secondary N) is 1. The summed E-state index contributed by atoms with van der Waals surface area (Å²) in [6, 6.07) is 17.9. The molecule has 1 amide bonds. The van der Waals surface area contributed by atoms with Gasteiger partial charge in [-0.15, -0.1) is 0 Å². The van der Waals surface area contributed by atoms with Crippen molar-refractivity contribution in [2.24, 2.45) is 0 Å². The molecule has 0 bridgehead atoms. The SMILES string of the molecule is COc1ccc(CCNc2nccc(C(=O)N3CCc4ccccc4C3)n2)cc1. The first kappa shape index (κ1) is 18.9. The Balaban J connectivity index is 1.36. The van der Waals surface area contributed by atoms with Crippen molar-refractivity contribution >= 4 is 11.9 Å². The molecule has 6 heteroatoms. The van der Waals surface area contributed by atoms with E-state index in [1.807, 2.05) is 41.3 Å². The Morgan fingerprint density at radius 1 is 1.10 bits per heavy atom. The van der Waals surface area contributed by atoms with Crippen LogP contribution in [0.5, 0.6) is 5.75 Å². The van der Waals surface area contributed by atoms with Gasteiger partial charge in [0.1, 0.15) is 11.4 Å². The summed E-state index contributed by atoms with van der Waals surface area (Å²) in [4.78, 5) is 23.4. The first-order valence-electron chi connectivity index (χ1n) is 9.79. The zero-order valence-corrected chi connectivity index (χ0v) is 16.5. The van der Waals surface area contributed by atoms with Crippen molar-refractivity contribution in [3.8, 4) is 5.75 Å². The molecule has 0 aliphatic carbocycles. The number of anilines is 1. The summed E-state index contributed by atoms with van der Waals surface area (Å²) in [7, 11) is 1.66. The second-order valence-electron chi connectivity index (χ2n) is 7.04. The second kappa shape index (κ2) is 8.73. The van der Waals surface area contributed by atoms with Crippen LogP contribution < -0.4 is 10.1 Å². The minimum absolute atomic E-state index is 0.0555. The van der Waals surface area contributed by atoms with Crippen molar-refractivity contribution in [3.05, 3.63) is 83.2 Å². The van der Waals surface area contributed by atoms with Crippen molar-refractivity contribution in [3.63, 3.8) is 0 Å². The maximum atomic E-state index is 12.9. The molecule has 0 saturated heterocycles. The van der Waals surface area contributed by atoms with E-state index in [4.69, 9.17) is 4.74 Å². The number of hydrogen-bond donors (Lipinski definition) is 1. The Bertz CT molecular complexity index is 988. The molecule has 6 nitrogen and oxygen atoms in total. The smallest absolute Gasteiger partial charge is 0.272 e. The number of methoxy groups -OCH3 is 1. The van der Waals surface area contributed by atoms with E-state index in [1.54, 1.807) is 19.4 Å². The van der Waals surface area contributed by atoms with Gasteiger partial charge in [-0.05, 0) is 47.7 Å². The summed E-state index contributed by atoms with van der Waals surface area (Å²) >= 11 is 0. The molecule has 2 heterocycles. The maximum absolute atomic E-state index is 12.9. The fourth-order valence-corrected chi connectivity index (χ4v) is 3.50. The van der Waals surface area contributed by atoms with E-state index in [1.165, 1.54) is 16.7 Å². The average molecular weight is 388 g/mol. The Labute approximate surface area is 170 Å². The van der Waals surface area contributed by atoms with Crippen LogP contribution in [0.3, 0.4) is 0 Å². The topological polar surface area (TPSA) is 67.3 Å². The Morgan fingerprint density at radius 2 is 1.90 bits per heavy atom. The number of nitrogens with zero attached hydrogens (tertiary/aromatic N) is 3. The van der Waals surface area contributed by atoms with Gasteiger partial charge in [-0.25, -0.2) is 9.97 Å². The highest BCUT2D eigenvalue weighted by Gasteiger charge is 2.22. The number of benzene rings is 2. The molecule has 0 atom stereocenters. The molecule has 1 aliphatic rings. The monoisotopic (exact) mass is 388 g/mol. The number of hydrogen-bond acceptors (Lipinski definition) is 5. The highest BCUT2D eigenvalue weighted by Crippen LogP contribution is 2.20. The van der Waals surface area contributed by atoms with Crippen LogP contribution in [0.15, 0.2) is 60.8 Å². The predicted molar refractivity (Wildman–Crippen MR) is 112 cm³/mol. The summed E-state index contributed by atoms with van der Waals surface area (Å²) in [5.74, 6) is 1.26. The average Bonchev–Trinajstić information content (AvgIpc) is 2.79. The second-order valence-corrected chi connectivity index (χ2v) is 7.04. The van der Waals surface area contributed by atoms with Gasteiger partial charge in [0, 0.05) is 25.8 Å². The lowest BCUT2D eigenvalue weighted by atomic mass is 10.00. The van der Waals surface area contributed by atoms with E-state index in [0.29, 0.717) is 31.3 Å². The first-order chi connectivity index (χ1) is 14.2. The zero-order valence-electron chi connectivity index (χ0n) is 16.5. The molecular weight excluding hydrogens is 364 g/mol. The van der Waals surface area contributed by atoms with Gasteiger partial charge in [0.25, 0.3) is 5.91 Å². The molecule has 0 fully saturated rings. The summed E-state index contributed by atoms with van der Waals surface area (Å²) < 4.78 is 5.18. The fourth-order valence-electron chi connectivity index (χ4n) is 3.50. The summed E-state index contributed by atoms with van der Waals surface area (Å²) in [6.45, 7) is 2.01. The van der Waals surface area contributed by atoms with E-state index < -0.39 is 0 Å². The summed E-state index contributed by atoms with van der Waals surface area (Å²) in [6.07, 6.45) is 3.34. The van der Waals surface area contributed by atoms with Crippen LogP contribution in [-0.2, 0) is 19.4 Å². The highest BCUT2D eigenvalue weighted by atomic mass is 16.5. The lowest BCUT2D eigenvalue weighted by Gasteiger charge is -2.28. The van der Waals surface area contributed by atoms with Crippen LogP contribution in [0.2, 0.25) is 0 Å². The zero-order chi connectivity index (χ0) is 20.1. The lowest BCUT2D eigenvalue weighted by molar-refractivity contribution is 0.0728. The number of aromatic nitrogens is 2. The molecule has 148 valence electrons. The molecule has 0 spiro atoms. The molecule has 0 saturated carbocycles. The maximum Gasteiger partial charge on any atom is 0.272 e. The molecule has 4 rings (SSSR count). The van der Waals surface area contributed by atoms with Crippen LogP contribution in [0.4, 0.5) is 5.95 Å². The largest absolute Gasteiger partial charge is 0.497 e. The quantitative estimate of drug-likeness (QED) is 0.702. The van der Waals surface area contributed by atoms with E-state index in [2.05, 4.69) is 27.4 Å². The van der Waals surface area contributed by atoms with Gasteiger partial charge in [0.05, 0.1) is 7.11 Å². The van der Waals surface area contributed by atoms with Crippen LogP contribution in [0, 0.1) is 0 Å². The van der Waals surface area contributed by atoms with Gasteiger partial charge in [0.2, 0.25) is 5.95 Å². The van der Waals surface area contributed by atoms with Crippen LogP contribution in [0.25, 0.3) is 0 Å². The van der Waals surface area contributed by atoms with Gasteiger partial charge in [0.15, 0.2) is 0 Å². The van der Waals surface area contributed by atoms with Crippen molar-refractivity contribution in [2.45, 2.75) is 19.4 Å². The van der Waals surface area contributed by atoms with Crippen molar-refractivity contribution in [1.29, 1.82) is 0 Å². The van der Waals surface area contributed by atoms with E-state index in [0.717, 1.165) is 18.6 Å². The van der Waals surface area contributed by atoms with Crippen molar-refractivity contribution < 1.29 is 9.53 Å². The minimum Gasteiger partial charge on any atom is -0.497 e. The summed E-state index contributed by atoms with van der Waals surface area (Å²) in [5.41, 5.74) is 4.14. The third-order valence-corrected chi connectivity index (χ3v) is 5.15. The molecule has 0 unspecified atom stereocenters. The Kier molecular flexibility index (Phi) is 5.70. The Hall–Kier alpha value is -3.41. The molecule has 1 aromatic heterocycles. The molecule has 0 radical (unpaired) electrons. The molecule has 2 aromatic carbocycles. The first-order valence-corrected chi connectivity index (χ1v) is 9.79. The number of carbonyl (C=O) groups excluding carboxylic acids is 1. The van der Waals surface area contributed by atoms with Gasteiger partial charge >= 0.3 is 0 Å². The van der Waals surface area contributed by atoms with E-state index in [-0.39, 0.29) is 5.91 Å². The molecule has 29 heavy (non-hydrogen) atoms. The minimum atomic E-state index is -0.0555. The highest BCUT2D eigenvalue weighted by molar-refractivity contribution is 5.92. The van der Waals surface area contributed by atoms with Crippen LogP contribution >= 0.6 is 0 Å². The molecule has 3 aromatic rings. The normalized spacial score (nSPS) is 12.9. The number of ether oxygens (including phenoxy) is 1. The van der Waals surface area contributed by atoms with E-state index >= 15 is 0 Å². The Morgan fingerprint density at radius 3 is 2.69 bits per heavy atom. The molecular formula is C23H24N4O2. The standard InChI is InChI=1S/C23H24N4O2/c1-29-20-8-6-17(7-9-20)10-13-24-23-25-14-11-21(26-23)22(28)27-15-12-18-4-2-3-5-19(18)16-27/h2-9,11,14H,10,12-13,15-16H2,1H3,(H,24,25,26). The number of fused-ring (bicyclic) bond motifs is 1. The van der Waals surface area contributed by atoms with Crippen molar-refractivity contribution in [1.82, 2.24) is 14.9 Å². The third kappa shape index (κ3) is 4.54. The predicted octanol–water partition coefficient (Wildman–Crippen LogP) is 3.34. The van der Waals surface area contributed by atoms with Gasteiger partial charge in [-0.3, -0.25) is 4.79 Å². The van der Waals surface area contributed by atoms with Gasteiger partial charge < -0.3 is 15.0 Å². The number of rotatable bonds is 6. The van der Waals surface area contributed by atoms with Crippen LogP contribution in [0.1, 0.15) is 27.2 Å². The fraction of sp³-hybridized carbons (Fsp3) is 0.261. The van der Waals surface area contributed by atoms with Gasteiger partial charge in [-0.2, -0.15) is 0 Å². The number of amides is 1.